The van der Waals surface area contributed by atoms with Crippen molar-refractivity contribution in [3.05, 3.63) is 63.9 Å². The Hall–Kier alpha value is -1.39. The van der Waals surface area contributed by atoms with Crippen LogP contribution in [-0.4, -0.2) is 5.11 Å². The number of rotatable bonds is 1. The third-order valence-electron chi connectivity index (χ3n) is 3.28. The van der Waals surface area contributed by atoms with E-state index in [0.29, 0.717) is 17.7 Å². The molecule has 1 unspecified atom stereocenters. The first-order valence-electron chi connectivity index (χ1n) is 6.03. The SMILES string of the molecule is O[C@@H]1CC(c2ccc(Br)cc2)Oc2ccc(F)cc21. The molecule has 0 fully saturated rings. The number of aliphatic hydroxyl groups excluding tert-OH is 1. The van der Waals surface area contributed by atoms with Gasteiger partial charge in [-0.15, -0.1) is 0 Å². The lowest BCUT2D eigenvalue weighted by atomic mass is 9.95. The molecule has 0 aliphatic carbocycles. The first-order chi connectivity index (χ1) is 9.13. The third kappa shape index (κ3) is 2.51. The molecule has 0 radical (unpaired) electrons. The third-order valence-corrected chi connectivity index (χ3v) is 3.81. The van der Waals surface area contributed by atoms with E-state index in [9.17, 15) is 9.50 Å². The van der Waals surface area contributed by atoms with Crippen molar-refractivity contribution in [2.45, 2.75) is 18.6 Å². The summed E-state index contributed by atoms with van der Waals surface area (Å²) in [6.45, 7) is 0. The van der Waals surface area contributed by atoms with Gasteiger partial charge in [-0.3, -0.25) is 0 Å². The largest absolute Gasteiger partial charge is 0.485 e. The first-order valence-corrected chi connectivity index (χ1v) is 6.82. The van der Waals surface area contributed by atoms with Gasteiger partial charge in [-0.25, -0.2) is 4.39 Å². The van der Waals surface area contributed by atoms with Crippen LogP contribution in [0.15, 0.2) is 46.9 Å². The van der Waals surface area contributed by atoms with Gasteiger partial charge in [0, 0.05) is 16.5 Å². The van der Waals surface area contributed by atoms with E-state index in [1.807, 2.05) is 24.3 Å². The Morgan fingerprint density at radius 2 is 1.89 bits per heavy atom. The summed E-state index contributed by atoms with van der Waals surface area (Å²) in [5, 5.41) is 10.1. The highest BCUT2D eigenvalue weighted by molar-refractivity contribution is 9.10. The maximum absolute atomic E-state index is 13.2. The predicted octanol–water partition coefficient (Wildman–Crippen LogP) is 4.15. The van der Waals surface area contributed by atoms with Crippen molar-refractivity contribution in [2.24, 2.45) is 0 Å². The molecule has 19 heavy (non-hydrogen) atoms. The quantitative estimate of drug-likeness (QED) is 0.854. The molecule has 1 heterocycles. The van der Waals surface area contributed by atoms with Gasteiger partial charge in [0.2, 0.25) is 0 Å². The number of halogens is 2. The summed E-state index contributed by atoms with van der Waals surface area (Å²) >= 11 is 3.38. The molecule has 2 nitrogen and oxygen atoms in total. The molecule has 98 valence electrons. The van der Waals surface area contributed by atoms with Crippen molar-refractivity contribution in [2.75, 3.05) is 0 Å². The van der Waals surface area contributed by atoms with Gasteiger partial charge in [0.15, 0.2) is 0 Å². The van der Waals surface area contributed by atoms with E-state index < -0.39 is 6.10 Å². The second-order valence-corrected chi connectivity index (χ2v) is 5.51. The fourth-order valence-electron chi connectivity index (χ4n) is 2.30. The standard InChI is InChI=1S/C15H12BrFO2/c16-10-3-1-9(2-4-10)15-8-13(18)12-7-11(17)5-6-14(12)19-15/h1-7,13,15,18H,8H2/t13-,15?/m1/s1. The summed E-state index contributed by atoms with van der Waals surface area (Å²) in [7, 11) is 0. The van der Waals surface area contributed by atoms with E-state index in [1.165, 1.54) is 12.1 Å². The highest BCUT2D eigenvalue weighted by atomic mass is 79.9. The second-order valence-electron chi connectivity index (χ2n) is 4.59. The Balaban J connectivity index is 1.92. The number of hydrogen-bond acceptors (Lipinski definition) is 2. The van der Waals surface area contributed by atoms with Crippen LogP contribution in [-0.2, 0) is 0 Å². The van der Waals surface area contributed by atoms with Crippen molar-refractivity contribution >= 4 is 15.9 Å². The maximum atomic E-state index is 13.2. The molecule has 0 aromatic heterocycles. The van der Waals surface area contributed by atoms with E-state index in [0.717, 1.165) is 10.0 Å². The molecular formula is C15H12BrFO2. The van der Waals surface area contributed by atoms with E-state index in [2.05, 4.69) is 15.9 Å². The Bertz CT molecular complexity index is 598. The molecule has 0 bridgehead atoms. The van der Waals surface area contributed by atoms with Crippen molar-refractivity contribution in [1.29, 1.82) is 0 Å². The zero-order valence-corrected chi connectivity index (χ0v) is 11.6. The Morgan fingerprint density at radius 3 is 2.63 bits per heavy atom. The molecule has 1 N–H and O–H groups in total. The van der Waals surface area contributed by atoms with Crippen molar-refractivity contribution in [3.8, 4) is 5.75 Å². The summed E-state index contributed by atoms with van der Waals surface area (Å²) in [5.74, 6) is 0.191. The molecule has 3 rings (SSSR count). The van der Waals surface area contributed by atoms with E-state index in [4.69, 9.17) is 4.74 Å². The summed E-state index contributed by atoms with van der Waals surface area (Å²) in [6, 6.07) is 12.0. The Labute approximate surface area is 119 Å². The average molecular weight is 323 g/mol. The molecular weight excluding hydrogens is 311 g/mol. The van der Waals surface area contributed by atoms with Crippen LogP contribution in [0.3, 0.4) is 0 Å². The molecule has 1 aliphatic rings. The highest BCUT2D eigenvalue weighted by Gasteiger charge is 2.28. The zero-order valence-electron chi connectivity index (χ0n) is 10.0. The molecule has 2 aromatic carbocycles. The summed E-state index contributed by atoms with van der Waals surface area (Å²) < 4.78 is 20.0. The second kappa shape index (κ2) is 4.94. The average Bonchev–Trinajstić information content (AvgIpc) is 2.40. The summed E-state index contributed by atoms with van der Waals surface area (Å²) in [6.07, 6.45) is -0.480. The number of benzene rings is 2. The van der Waals surface area contributed by atoms with Crippen LogP contribution >= 0.6 is 15.9 Å². The van der Waals surface area contributed by atoms with Gasteiger partial charge in [-0.05, 0) is 35.9 Å². The fourth-order valence-corrected chi connectivity index (χ4v) is 2.56. The normalized spacial score (nSPS) is 21.6. The minimum Gasteiger partial charge on any atom is -0.485 e. The van der Waals surface area contributed by atoms with Gasteiger partial charge in [0.25, 0.3) is 0 Å². The van der Waals surface area contributed by atoms with Crippen LogP contribution in [0.25, 0.3) is 0 Å². The first kappa shape index (κ1) is 12.6. The topological polar surface area (TPSA) is 29.5 Å². The number of ether oxygens (including phenoxy) is 1. The molecule has 4 heteroatoms. The minimum atomic E-state index is -0.701. The van der Waals surface area contributed by atoms with Crippen LogP contribution in [0, 0.1) is 5.82 Å². The summed E-state index contributed by atoms with van der Waals surface area (Å²) in [4.78, 5) is 0. The van der Waals surface area contributed by atoms with E-state index in [-0.39, 0.29) is 11.9 Å². The van der Waals surface area contributed by atoms with E-state index >= 15 is 0 Å². The smallest absolute Gasteiger partial charge is 0.127 e. The minimum absolute atomic E-state index is 0.207. The van der Waals surface area contributed by atoms with Gasteiger partial charge < -0.3 is 9.84 Å². The molecule has 2 aromatic rings. The van der Waals surface area contributed by atoms with Crippen molar-refractivity contribution in [3.63, 3.8) is 0 Å². The van der Waals surface area contributed by atoms with Gasteiger partial charge in [0.05, 0.1) is 6.10 Å². The Kier molecular flexibility index (Phi) is 3.29. The predicted molar refractivity (Wildman–Crippen MR) is 73.5 cm³/mol. The Morgan fingerprint density at radius 1 is 1.16 bits per heavy atom. The molecule has 0 saturated carbocycles. The van der Waals surface area contributed by atoms with Crippen molar-refractivity contribution < 1.29 is 14.2 Å². The molecule has 0 amide bonds. The summed E-state index contributed by atoms with van der Waals surface area (Å²) in [5.41, 5.74) is 1.52. The van der Waals surface area contributed by atoms with Gasteiger partial charge >= 0.3 is 0 Å². The lowest BCUT2D eigenvalue weighted by molar-refractivity contribution is 0.0653. The molecule has 0 spiro atoms. The highest BCUT2D eigenvalue weighted by Crippen LogP contribution is 2.41. The fraction of sp³-hybridized carbons (Fsp3) is 0.200. The van der Waals surface area contributed by atoms with Crippen molar-refractivity contribution in [1.82, 2.24) is 0 Å². The maximum Gasteiger partial charge on any atom is 0.127 e. The van der Waals surface area contributed by atoms with Crippen LogP contribution in [0.4, 0.5) is 4.39 Å². The van der Waals surface area contributed by atoms with Gasteiger partial charge in [-0.1, -0.05) is 28.1 Å². The van der Waals surface area contributed by atoms with Crippen LogP contribution in [0.1, 0.15) is 29.8 Å². The number of aliphatic hydroxyl groups is 1. The van der Waals surface area contributed by atoms with Crippen LogP contribution in [0.2, 0.25) is 0 Å². The monoisotopic (exact) mass is 322 g/mol. The molecule has 0 saturated heterocycles. The molecule has 2 atom stereocenters. The van der Waals surface area contributed by atoms with Crippen LogP contribution in [0.5, 0.6) is 5.75 Å². The van der Waals surface area contributed by atoms with Gasteiger partial charge in [-0.2, -0.15) is 0 Å². The lowest BCUT2D eigenvalue weighted by Gasteiger charge is -2.30. The van der Waals surface area contributed by atoms with Gasteiger partial charge in [0.1, 0.15) is 17.7 Å². The zero-order chi connectivity index (χ0) is 13.4. The number of fused-ring (bicyclic) bond motifs is 1. The number of hydrogen-bond donors (Lipinski definition) is 1. The lowest BCUT2D eigenvalue weighted by Crippen LogP contribution is -2.19. The van der Waals surface area contributed by atoms with E-state index in [1.54, 1.807) is 6.07 Å². The van der Waals surface area contributed by atoms with Crippen LogP contribution < -0.4 is 4.74 Å². The molecule has 1 aliphatic heterocycles.